The van der Waals surface area contributed by atoms with E-state index in [0.717, 1.165) is 54.6 Å². The number of hydrogen-bond donors (Lipinski definition) is 1. The van der Waals surface area contributed by atoms with Crippen LogP contribution < -0.4 is 5.32 Å². The van der Waals surface area contributed by atoms with Crippen LogP contribution in [0.5, 0.6) is 0 Å². The van der Waals surface area contributed by atoms with Gasteiger partial charge in [0, 0.05) is 31.2 Å². The third-order valence-corrected chi connectivity index (χ3v) is 5.27. The fourth-order valence-electron chi connectivity index (χ4n) is 3.92. The number of fused-ring (bicyclic) bond motifs is 1. The van der Waals surface area contributed by atoms with Gasteiger partial charge in [-0.1, -0.05) is 30.3 Å². The van der Waals surface area contributed by atoms with Gasteiger partial charge in [0.25, 0.3) is 0 Å². The van der Waals surface area contributed by atoms with Crippen LogP contribution in [0.25, 0.3) is 10.9 Å². The van der Waals surface area contributed by atoms with E-state index in [1.54, 1.807) is 18.3 Å². The average Bonchev–Trinajstić information content (AvgIpc) is 2.98. The van der Waals surface area contributed by atoms with Gasteiger partial charge in [0.05, 0.1) is 17.1 Å². The summed E-state index contributed by atoms with van der Waals surface area (Å²) >= 11 is 0. The average molecular weight is 385 g/mol. The normalized spacial score (nSPS) is 17.4. The number of alkyl halides is 3. The van der Waals surface area contributed by atoms with E-state index in [1.807, 2.05) is 30.3 Å². The first-order valence-corrected chi connectivity index (χ1v) is 9.49. The van der Waals surface area contributed by atoms with Gasteiger partial charge in [-0.15, -0.1) is 0 Å². The first-order chi connectivity index (χ1) is 13.5. The first-order valence-electron chi connectivity index (χ1n) is 9.49. The van der Waals surface area contributed by atoms with Crippen molar-refractivity contribution in [2.75, 3.05) is 26.2 Å². The second-order valence-electron chi connectivity index (χ2n) is 7.08. The molecule has 1 aliphatic rings. The van der Waals surface area contributed by atoms with Crippen LogP contribution in [-0.4, -0.2) is 36.1 Å². The van der Waals surface area contributed by atoms with Crippen LogP contribution in [0, 0.1) is 0 Å². The van der Waals surface area contributed by atoms with Crippen LogP contribution >= 0.6 is 0 Å². The van der Waals surface area contributed by atoms with Crippen molar-refractivity contribution in [3.8, 4) is 0 Å². The molecule has 1 atom stereocenters. The Hall–Kier alpha value is -2.44. The molecule has 6 heteroatoms. The summed E-state index contributed by atoms with van der Waals surface area (Å²) in [5.74, 6) is 0. The van der Waals surface area contributed by atoms with Gasteiger partial charge in [0.1, 0.15) is 0 Å². The minimum absolute atomic E-state index is 0.116. The Kier molecular flexibility index (Phi) is 5.33. The quantitative estimate of drug-likeness (QED) is 0.712. The largest absolute Gasteiger partial charge is 0.416 e. The van der Waals surface area contributed by atoms with Crippen molar-refractivity contribution < 1.29 is 13.2 Å². The summed E-state index contributed by atoms with van der Waals surface area (Å²) in [6, 6.07) is 15.4. The second kappa shape index (κ2) is 7.89. The van der Waals surface area contributed by atoms with E-state index in [2.05, 4.69) is 15.2 Å². The zero-order valence-electron chi connectivity index (χ0n) is 15.4. The fraction of sp³-hybridized carbons (Fsp3) is 0.318. The van der Waals surface area contributed by atoms with Crippen LogP contribution in [-0.2, 0) is 6.18 Å². The molecule has 0 bridgehead atoms. The zero-order valence-corrected chi connectivity index (χ0v) is 15.4. The lowest BCUT2D eigenvalue weighted by Crippen LogP contribution is -2.33. The molecule has 0 aliphatic carbocycles. The molecule has 0 saturated carbocycles. The number of aromatic nitrogens is 1. The van der Waals surface area contributed by atoms with Gasteiger partial charge >= 0.3 is 6.18 Å². The molecular weight excluding hydrogens is 363 g/mol. The molecule has 0 radical (unpaired) electrons. The lowest BCUT2D eigenvalue weighted by molar-refractivity contribution is -0.137. The Morgan fingerprint density at radius 2 is 1.71 bits per heavy atom. The summed E-state index contributed by atoms with van der Waals surface area (Å²) in [6.07, 6.45) is -1.55. The second-order valence-corrected chi connectivity index (χ2v) is 7.08. The van der Waals surface area contributed by atoms with Crippen LogP contribution in [0.15, 0.2) is 60.8 Å². The van der Waals surface area contributed by atoms with Gasteiger partial charge in [-0.25, -0.2) is 0 Å². The summed E-state index contributed by atoms with van der Waals surface area (Å²) in [5.41, 5.74) is 2.22. The smallest absolute Gasteiger partial charge is 0.315 e. The highest BCUT2D eigenvalue weighted by Gasteiger charge is 2.31. The molecule has 28 heavy (non-hydrogen) atoms. The SMILES string of the molecule is FC(F)(F)c1ccc(C(c2ccnc3ccccc23)N2CCCNCC2)cc1. The van der Waals surface area contributed by atoms with Gasteiger partial charge in [0.2, 0.25) is 0 Å². The highest BCUT2D eigenvalue weighted by atomic mass is 19.4. The number of nitrogens with one attached hydrogen (secondary N) is 1. The molecule has 3 aromatic rings. The van der Waals surface area contributed by atoms with Crippen molar-refractivity contribution in [1.82, 2.24) is 15.2 Å². The number of halogens is 3. The Morgan fingerprint density at radius 1 is 0.929 bits per heavy atom. The van der Waals surface area contributed by atoms with Gasteiger partial charge in [-0.2, -0.15) is 13.2 Å². The number of benzene rings is 2. The number of pyridine rings is 1. The van der Waals surface area contributed by atoms with Crippen molar-refractivity contribution in [2.24, 2.45) is 0 Å². The summed E-state index contributed by atoms with van der Waals surface area (Å²) in [4.78, 5) is 6.80. The van der Waals surface area contributed by atoms with Gasteiger partial charge < -0.3 is 5.32 Å². The maximum absolute atomic E-state index is 13.0. The van der Waals surface area contributed by atoms with Crippen molar-refractivity contribution in [1.29, 1.82) is 0 Å². The predicted octanol–water partition coefficient (Wildman–Crippen LogP) is 4.64. The number of nitrogens with zero attached hydrogens (tertiary/aromatic N) is 2. The number of rotatable bonds is 3. The van der Waals surface area contributed by atoms with Crippen LogP contribution in [0.2, 0.25) is 0 Å². The van der Waals surface area contributed by atoms with Gasteiger partial charge in [-0.05, 0) is 48.4 Å². The fourth-order valence-corrected chi connectivity index (χ4v) is 3.92. The van der Waals surface area contributed by atoms with E-state index in [9.17, 15) is 13.2 Å². The van der Waals surface area contributed by atoms with Crippen LogP contribution in [0.1, 0.15) is 29.2 Å². The molecule has 146 valence electrons. The first kappa shape index (κ1) is 18.9. The summed E-state index contributed by atoms with van der Waals surface area (Å²) in [6.45, 7) is 3.53. The molecule has 2 aromatic carbocycles. The summed E-state index contributed by atoms with van der Waals surface area (Å²) < 4.78 is 39.1. The molecule has 1 aromatic heterocycles. The van der Waals surface area contributed by atoms with E-state index < -0.39 is 11.7 Å². The van der Waals surface area contributed by atoms with E-state index in [4.69, 9.17) is 0 Å². The molecule has 1 saturated heterocycles. The lowest BCUT2D eigenvalue weighted by atomic mass is 9.93. The minimum atomic E-state index is -4.33. The molecule has 0 spiro atoms. The Morgan fingerprint density at radius 3 is 2.50 bits per heavy atom. The highest BCUT2D eigenvalue weighted by Crippen LogP contribution is 2.35. The highest BCUT2D eigenvalue weighted by molar-refractivity contribution is 5.82. The zero-order chi connectivity index (χ0) is 19.6. The Balaban J connectivity index is 1.82. The maximum Gasteiger partial charge on any atom is 0.416 e. The van der Waals surface area contributed by atoms with Crippen molar-refractivity contribution in [2.45, 2.75) is 18.6 Å². The third kappa shape index (κ3) is 3.88. The molecule has 0 amide bonds. The summed E-state index contributed by atoms with van der Waals surface area (Å²) in [7, 11) is 0. The van der Waals surface area contributed by atoms with Gasteiger partial charge in [0.15, 0.2) is 0 Å². The predicted molar refractivity (Wildman–Crippen MR) is 104 cm³/mol. The lowest BCUT2D eigenvalue weighted by Gasteiger charge is -2.32. The topological polar surface area (TPSA) is 28.2 Å². The molecule has 1 N–H and O–H groups in total. The Bertz CT molecular complexity index is 924. The molecule has 3 nitrogen and oxygen atoms in total. The molecule has 2 heterocycles. The van der Waals surface area contributed by atoms with E-state index in [-0.39, 0.29) is 6.04 Å². The third-order valence-electron chi connectivity index (χ3n) is 5.27. The summed E-state index contributed by atoms with van der Waals surface area (Å²) in [5, 5.41) is 4.43. The molecule has 1 aliphatic heterocycles. The molecule has 4 rings (SSSR count). The number of para-hydroxylation sites is 1. The van der Waals surface area contributed by atoms with Crippen molar-refractivity contribution in [3.63, 3.8) is 0 Å². The Labute approximate surface area is 162 Å². The van der Waals surface area contributed by atoms with E-state index in [0.29, 0.717) is 0 Å². The minimum Gasteiger partial charge on any atom is -0.315 e. The van der Waals surface area contributed by atoms with E-state index in [1.165, 1.54) is 12.1 Å². The standard InChI is InChI=1S/C22H22F3N3/c23-22(24,25)17-8-6-16(7-9-17)21(28-14-3-11-26-13-15-28)19-10-12-27-20-5-2-1-4-18(19)20/h1-2,4-10,12,21,26H,3,11,13-15H2. The van der Waals surface area contributed by atoms with Crippen molar-refractivity contribution >= 4 is 10.9 Å². The maximum atomic E-state index is 13.0. The van der Waals surface area contributed by atoms with Crippen molar-refractivity contribution in [3.05, 3.63) is 77.5 Å². The molecular formula is C22H22F3N3. The molecule has 1 fully saturated rings. The molecule has 1 unspecified atom stereocenters. The van der Waals surface area contributed by atoms with Crippen LogP contribution in [0.4, 0.5) is 13.2 Å². The van der Waals surface area contributed by atoms with Gasteiger partial charge in [-0.3, -0.25) is 9.88 Å². The van der Waals surface area contributed by atoms with E-state index >= 15 is 0 Å². The number of hydrogen-bond acceptors (Lipinski definition) is 3. The monoisotopic (exact) mass is 385 g/mol. The van der Waals surface area contributed by atoms with Crippen LogP contribution in [0.3, 0.4) is 0 Å².